The van der Waals surface area contributed by atoms with Crippen LogP contribution < -0.4 is 10.2 Å². The van der Waals surface area contributed by atoms with E-state index in [2.05, 4.69) is 22.3 Å². The van der Waals surface area contributed by atoms with Gasteiger partial charge in [0.2, 0.25) is 5.91 Å². The molecule has 0 fully saturated rings. The molecule has 3 nitrogen and oxygen atoms in total. The van der Waals surface area contributed by atoms with Crippen molar-refractivity contribution >= 4 is 11.6 Å². The molecule has 0 heterocycles. The molecule has 0 bridgehead atoms. The highest BCUT2D eigenvalue weighted by molar-refractivity contribution is 5.82. The first-order valence-corrected chi connectivity index (χ1v) is 7.59. The first kappa shape index (κ1) is 16.1. The van der Waals surface area contributed by atoms with Crippen LogP contribution >= 0.6 is 0 Å². The molecule has 0 unspecified atom stereocenters. The molecule has 3 heteroatoms. The normalized spacial score (nSPS) is 11.0. The molecule has 0 atom stereocenters. The van der Waals surface area contributed by atoms with Crippen molar-refractivity contribution in [2.45, 2.75) is 32.9 Å². The lowest BCUT2D eigenvalue weighted by Crippen LogP contribution is -2.45. The second kappa shape index (κ2) is 7.12. The van der Waals surface area contributed by atoms with Crippen molar-refractivity contribution in [3.8, 4) is 0 Å². The first-order chi connectivity index (χ1) is 10.4. The molecule has 2 aromatic carbocycles. The SMILES string of the molecule is CC(C)(C)NC(=O)CN(Cc1ccccc1)c1ccccc1. The summed E-state index contributed by atoms with van der Waals surface area (Å²) in [5.74, 6) is 0.0345. The number of anilines is 1. The van der Waals surface area contributed by atoms with Crippen LogP contribution in [0.15, 0.2) is 60.7 Å². The van der Waals surface area contributed by atoms with Gasteiger partial charge in [0.05, 0.1) is 6.54 Å². The Morgan fingerprint density at radius 3 is 2.05 bits per heavy atom. The van der Waals surface area contributed by atoms with Crippen molar-refractivity contribution < 1.29 is 4.79 Å². The second-order valence-corrected chi connectivity index (χ2v) is 6.48. The molecule has 0 radical (unpaired) electrons. The van der Waals surface area contributed by atoms with Crippen LogP contribution in [-0.2, 0) is 11.3 Å². The molecular formula is C19H24N2O. The number of carbonyl (C=O) groups is 1. The van der Waals surface area contributed by atoms with Gasteiger partial charge in [0, 0.05) is 17.8 Å². The molecule has 0 saturated carbocycles. The van der Waals surface area contributed by atoms with Gasteiger partial charge in [-0.15, -0.1) is 0 Å². The molecule has 0 spiro atoms. The van der Waals surface area contributed by atoms with Crippen molar-refractivity contribution in [3.05, 3.63) is 66.2 Å². The number of para-hydroxylation sites is 1. The van der Waals surface area contributed by atoms with E-state index in [4.69, 9.17) is 0 Å². The van der Waals surface area contributed by atoms with Gasteiger partial charge in [-0.2, -0.15) is 0 Å². The quantitative estimate of drug-likeness (QED) is 0.914. The number of nitrogens with one attached hydrogen (secondary N) is 1. The minimum absolute atomic E-state index is 0.0345. The third-order valence-electron chi connectivity index (χ3n) is 3.19. The summed E-state index contributed by atoms with van der Waals surface area (Å²) >= 11 is 0. The zero-order chi connectivity index (χ0) is 16.0. The zero-order valence-corrected chi connectivity index (χ0v) is 13.5. The Kier molecular flexibility index (Phi) is 5.21. The minimum Gasteiger partial charge on any atom is -0.358 e. The van der Waals surface area contributed by atoms with Gasteiger partial charge in [-0.05, 0) is 38.5 Å². The number of nitrogens with zero attached hydrogens (tertiary/aromatic N) is 1. The summed E-state index contributed by atoms with van der Waals surface area (Å²) in [4.78, 5) is 14.4. The average molecular weight is 296 g/mol. The summed E-state index contributed by atoms with van der Waals surface area (Å²) in [7, 11) is 0. The van der Waals surface area contributed by atoms with E-state index in [0.717, 1.165) is 5.69 Å². The molecule has 1 N–H and O–H groups in total. The van der Waals surface area contributed by atoms with E-state index in [1.54, 1.807) is 0 Å². The largest absolute Gasteiger partial charge is 0.358 e. The van der Waals surface area contributed by atoms with E-state index < -0.39 is 0 Å². The van der Waals surface area contributed by atoms with Gasteiger partial charge in [0.1, 0.15) is 0 Å². The molecule has 1 amide bonds. The monoisotopic (exact) mass is 296 g/mol. The number of hydrogen-bond donors (Lipinski definition) is 1. The summed E-state index contributed by atoms with van der Waals surface area (Å²) in [6.45, 7) is 7.04. The Bertz CT molecular complexity index is 588. The fraction of sp³-hybridized carbons (Fsp3) is 0.316. The number of rotatable bonds is 5. The van der Waals surface area contributed by atoms with Crippen molar-refractivity contribution in [2.75, 3.05) is 11.4 Å². The van der Waals surface area contributed by atoms with Gasteiger partial charge in [-0.25, -0.2) is 0 Å². The van der Waals surface area contributed by atoms with E-state index >= 15 is 0 Å². The van der Waals surface area contributed by atoms with Gasteiger partial charge in [0.15, 0.2) is 0 Å². The van der Waals surface area contributed by atoms with Crippen LogP contribution in [0.25, 0.3) is 0 Å². The molecule has 22 heavy (non-hydrogen) atoms. The zero-order valence-electron chi connectivity index (χ0n) is 13.5. The molecule has 0 saturated heterocycles. The molecule has 0 aromatic heterocycles. The lowest BCUT2D eigenvalue weighted by molar-refractivity contribution is -0.121. The van der Waals surface area contributed by atoms with Crippen LogP contribution in [0.4, 0.5) is 5.69 Å². The van der Waals surface area contributed by atoms with E-state index in [-0.39, 0.29) is 11.4 Å². The molecule has 2 rings (SSSR count). The Morgan fingerprint density at radius 2 is 1.50 bits per heavy atom. The summed E-state index contributed by atoms with van der Waals surface area (Å²) in [5.41, 5.74) is 2.02. The van der Waals surface area contributed by atoms with Crippen LogP contribution in [0.2, 0.25) is 0 Å². The predicted octanol–water partition coefficient (Wildman–Crippen LogP) is 3.61. The van der Waals surface area contributed by atoms with Crippen molar-refractivity contribution in [1.29, 1.82) is 0 Å². The fourth-order valence-corrected chi connectivity index (χ4v) is 2.31. The standard InChI is InChI=1S/C19H24N2O/c1-19(2,3)20-18(22)15-21(17-12-8-5-9-13-17)14-16-10-6-4-7-11-16/h4-13H,14-15H2,1-3H3,(H,20,22). The Labute approximate surface area is 133 Å². The number of carbonyl (C=O) groups excluding carboxylic acids is 1. The van der Waals surface area contributed by atoms with Crippen LogP contribution in [0.1, 0.15) is 26.3 Å². The van der Waals surface area contributed by atoms with Gasteiger partial charge in [-0.3, -0.25) is 4.79 Å². The minimum atomic E-state index is -0.216. The molecule has 116 valence electrons. The number of amides is 1. The van der Waals surface area contributed by atoms with Gasteiger partial charge < -0.3 is 10.2 Å². The van der Waals surface area contributed by atoms with Crippen LogP contribution in [0, 0.1) is 0 Å². The van der Waals surface area contributed by atoms with E-state index in [1.165, 1.54) is 5.56 Å². The molecule has 2 aromatic rings. The third kappa shape index (κ3) is 5.24. The molecule has 0 aliphatic carbocycles. The van der Waals surface area contributed by atoms with Crippen molar-refractivity contribution in [1.82, 2.24) is 5.32 Å². The molecular weight excluding hydrogens is 272 g/mol. The fourth-order valence-electron chi connectivity index (χ4n) is 2.31. The average Bonchev–Trinajstić information content (AvgIpc) is 2.47. The lowest BCUT2D eigenvalue weighted by Gasteiger charge is -2.27. The lowest BCUT2D eigenvalue weighted by atomic mass is 10.1. The number of benzene rings is 2. The Morgan fingerprint density at radius 1 is 0.955 bits per heavy atom. The first-order valence-electron chi connectivity index (χ1n) is 7.59. The van der Waals surface area contributed by atoms with E-state index in [9.17, 15) is 4.79 Å². The van der Waals surface area contributed by atoms with E-state index in [0.29, 0.717) is 13.1 Å². The van der Waals surface area contributed by atoms with Gasteiger partial charge in [-0.1, -0.05) is 48.5 Å². The van der Waals surface area contributed by atoms with Crippen molar-refractivity contribution in [3.63, 3.8) is 0 Å². The van der Waals surface area contributed by atoms with E-state index in [1.807, 2.05) is 69.3 Å². The highest BCUT2D eigenvalue weighted by Gasteiger charge is 2.17. The molecule has 0 aliphatic rings. The summed E-state index contributed by atoms with van der Waals surface area (Å²) in [5, 5.41) is 3.02. The Balaban J connectivity index is 2.14. The maximum absolute atomic E-state index is 12.3. The topological polar surface area (TPSA) is 32.3 Å². The second-order valence-electron chi connectivity index (χ2n) is 6.48. The van der Waals surface area contributed by atoms with Crippen molar-refractivity contribution in [2.24, 2.45) is 0 Å². The number of hydrogen-bond acceptors (Lipinski definition) is 2. The maximum Gasteiger partial charge on any atom is 0.239 e. The molecule has 0 aliphatic heterocycles. The highest BCUT2D eigenvalue weighted by Crippen LogP contribution is 2.16. The van der Waals surface area contributed by atoms with Crippen LogP contribution in [0.3, 0.4) is 0 Å². The third-order valence-corrected chi connectivity index (χ3v) is 3.19. The summed E-state index contributed by atoms with van der Waals surface area (Å²) < 4.78 is 0. The summed E-state index contributed by atoms with van der Waals surface area (Å²) in [6, 6.07) is 20.3. The van der Waals surface area contributed by atoms with Crippen LogP contribution in [-0.4, -0.2) is 18.0 Å². The van der Waals surface area contributed by atoms with Gasteiger partial charge >= 0.3 is 0 Å². The summed E-state index contributed by atoms with van der Waals surface area (Å²) in [6.07, 6.45) is 0. The smallest absolute Gasteiger partial charge is 0.239 e. The predicted molar refractivity (Wildman–Crippen MR) is 91.8 cm³/mol. The Hall–Kier alpha value is -2.29. The van der Waals surface area contributed by atoms with Crippen LogP contribution in [0.5, 0.6) is 0 Å². The highest BCUT2D eigenvalue weighted by atomic mass is 16.2. The van der Waals surface area contributed by atoms with Gasteiger partial charge in [0.25, 0.3) is 0 Å². The maximum atomic E-state index is 12.3.